The number of thioether (sulfide) groups is 1. The third-order valence-corrected chi connectivity index (χ3v) is 4.80. The van der Waals surface area contributed by atoms with Crippen molar-refractivity contribution in [3.8, 4) is 0 Å². The second-order valence-corrected chi connectivity index (χ2v) is 6.89. The van der Waals surface area contributed by atoms with Crippen molar-refractivity contribution in [3.05, 3.63) is 62.7 Å². The minimum Gasteiger partial charge on any atom is -0.462 e. The van der Waals surface area contributed by atoms with Crippen molar-refractivity contribution in [3.63, 3.8) is 0 Å². The standard InChI is InChI=1S/C17H12N2O6S2/c1-2-24-16(21)10-3-5-11(6-4-10)18-15(20)13(27-17(18)26)9-12-7-8-14(25-12)19(22)23/h3-9H,2H2,1H3/b13-9-. The zero-order valence-corrected chi connectivity index (χ0v) is 15.5. The third kappa shape index (κ3) is 3.91. The lowest BCUT2D eigenvalue weighted by Crippen LogP contribution is -2.27. The van der Waals surface area contributed by atoms with E-state index in [1.54, 1.807) is 31.2 Å². The molecule has 3 rings (SSSR count). The molecule has 1 aromatic carbocycles. The molecular formula is C17H12N2O6S2. The zero-order valence-electron chi connectivity index (χ0n) is 13.9. The fraction of sp³-hybridized carbons (Fsp3) is 0.118. The summed E-state index contributed by atoms with van der Waals surface area (Å²) in [5.74, 6) is -1.06. The van der Waals surface area contributed by atoms with Crippen LogP contribution in [0.3, 0.4) is 0 Å². The van der Waals surface area contributed by atoms with Crippen LogP contribution in [-0.2, 0) is 9.53 Å². The summed E-state index contributed by atoms with van der Waals surface area (Å²) < 4.78 is 10.3. The average Bonchev–Trinajstić information content (AvgIpc) is 3.21. The van der Waals surface area contributed by atoms with E-state index in [4.69, 9.17) is 21.4 Å². The predicted octanol–water partition coefficient (Wildman–Crippen LogP) is 3.77. The van der Waals surface area contributed by atoms with Gasteiger partial charge in [-0.05, 0) is 37.3 Å². The number of nitro groups is 1. The number of carbonyl (C=O) groups excluding carboxylic acids is 2. The number of carbonyl (C=O) groups is 2. The van der Waals surface area contributed by atoms with Gasteiger partial charge in [-0.15, -0.1) is 0 Å². The summed E-state index contributed by atoms with van der Waals surface area (Å²) in [4.78, 5) is 36.0. The monoisotopic (exact) mass is 404 g/mol. The Bertz CT molecular complexity index is 964. The molecule has 10 heteroatoms. The number of thiocarbonyl (C=S) groups is 1. The Morgan fingerprint density at radius 3 is 2.63 bits per heavy atom. The second kappa shape index (κ2) is 7.72. The zero-order chi connectivity index (χ0) is 19.6. The molecule has 2 heterocycles. The Labute approximate surface area is 162 Å². The van der Waals surface area contributed by atoms with Crippen LogP contribution in [0.2, 0.25) is 0 Å². The Balaban J connectivity index is 1.82. The van der Waals surface area contributed by atoms with E-state index in [-0.39, 0.29) is 23.2 Å². The number of anilines is 1. The van der Waals surface area contributed by atoms with Crippen LogP contribution in [0.4, 0.5) is 11.6 Å². The molecule has 1 saturated heterocycles. The van der Waals surface area contributed by atoms with Gasteiger partial charge in [0.1, 0.15) is 10.7 Å². The maximum Gasteiger partial charge on any atom is 0.433 e. The van der Waals surface area contributed by atoms with Gasteiger partial charge < -0.3 is 9.15 Å². The molecule has 1 aliphatic rings. The van der Waals surface area contributed by atoms with Gasteiger partial charge in [-0.1, -0.05) is 24.0 Å². The summed E-state index contributed by atoms with van der Waals surface area (Å²) in [5.41, 5.74) is 0.865. The van der Waals surface area contributed by atoms with Crippen LogP contribution >= 0.6 is 24.0 Å². The number of hydrogen-bond donors (Lipinski definition) is 0. The van der Waals surface area contributed by atoms with Gasteiger partial charge in [-0.25, -0.2) is 4.79 Å². The van der Waals surface area contributed by atoms with Gasteiger partial charge in [0.2, 0.25) is 0 Å². The molecular weight excluding hydrogens is 392 g/mol. The number of ether oxygens (including phenoxy) is 1. The molecule has 8 nitrogen and oxygen atoms in total. The molecule has 2 aromatic rings. The fourth-order valence-corrected chi connectivity index (χ4v) is 3.58. The van der Waals surface area contributed by atoms with Crippen LogP contribution in [0.25, 0.3) is 6.08 Å². The molecule has 27 heavy (non-hydrogen) atoms. The second-order valence-electron chi connectivity index (χ2n) is 5.22. The number of hydrogen-bond acceptors (Lipinski definition) is 8. The fourth-order valence-electron chi connectivity index (χ4n) is 2.30. The van der Waals surface area contributed by atoms with Gasteiger partial charge in [-0.3, -0.25) is 19.8 Å². The van der Waals surface area contributed by atoms with E-state index in [9.17, 15) is 19.7 Å². The number of rotatable bonds is 5. The number of benzene rings is 1. The van der Waals surface area contributed by atoms with Crippen molar-refractivity contribution in [2.24, 2.45) is 0 Å². The number of furan rings is 1. The molecule has 0 N–H and O–H groups in total. The smallest absolute Gasteiger partial charge is 0.433 e. The summed E-state index contributed by atoms with van der Waals surface area (Å²) in [7, 11) is 0. The molecule has 0 spiro atoms. The summed E-state index contributed by atoms with van der Waals surface area (Å²) >= 11 is 6.32. The van der Waals surface area contributed by atoms with E-state index in [2.05, 4.69) is 0 Å². The molecule has 138 valence electrons. The van der Waals surface area contributed by atoms with Gasteiger partial charge in [0.05, 0.1) is 28.8 Å². The van der Waals surface area contributed by atoms with Crippen LogP contribution in [0, 0.1) is 10.1 Å². The first-order chi connectivity index (χ1) is 12.9. The average molecular weight is 404 g/mol. The van der Waals surface area contributed by atoms with Crippen LogP contribution in [0.1, 0.15) is 23.0 Å². The van der Waals surface area contributed by atoms with Crippen molar-refractivity contribution in [1.29, 1.82) is 0 Å². The SMILES string of the molecule is CCOC(=O)c1ccc(N2C(=O)/C(=C/c3ccc([N+](=O)[O-])o3)SC2=S)cc1. The van der Waals surface area contributed by atoms with Crippen molar-refractivity contribution in [1.82, 2.24) is 0 Å². The van der Waals surface area contributed by atoms with Crippen molar-refractivity contribution >= 4 is 57.8 Å². The Hall–Kier alpha value is -2.98. The Morgan fingerprint density at radius 1 is 1.33 bits per heavy atom. The first kappa shape index (κ1) is 18.8. The summed E-state index contributed by atoms with van der Waals surface area (Å²) in [5, 5.41) is 10.7. The predicted molar refractivity (Wildman–Crippen MR) is 103 cm³/mol. The van der Waals surface area contributed by atoms with E-state index in [0.717, 1.165) is 11.8 Å². The molecule has 1 aliphatic heterocycles. The minimum absolute atomic E-state index is 0.180. The van der Waals surface area contributed by atoms with Gasteiger partial charge in [0.15, 0.2) is 4.32 Å². The highest BCUT2D eigenvalue weighted by Crippen LogP contribution is 2.36. The molecule has 1 fully saturated rings. The summed E-state index contributed by atoms with van der Waals surface area (Å²) in [6.45, 7) is 1.98. The van der Waals surface area contributed by atoms with Crippen molar-refractivity contribution < 1.29 is 23.7 Å². The third-order valence-electron chi connectivity index (χ3n) is 3.50. The van der Waals surface area contributed by atoms with Crippen molar-refractivity contribution in [2.75, 3.05) is 11.5 Å². The maximum atomic E-state index is 12.7. The van der Waals surface area contributed by atoms with Gasteiger partial charge in [0, 0.05) is 6.08 Å². The lowest BCUT2D eigenvalue weighted by Gasteiger charge is -2.14. The molecule has 0 aliphatic carbocycles. The number of amides is 1. The van der Waals surface area contributed by atoms with Crippen LogP contribution < -0.4 is 4.90 Å². The first-order valence-electron chi connectivity index (χ1n) is 7.70. The number of esters is 1. The summed E-state index contributed by atoms with van der Waals surface area (Å²) in [6.07, 6.45) is 1.40. The highest BCUT2D eigenvalue weighted by atomic mass is 32.2. The van der Waals surface area contributed by atoms with Crippen LogP contribution in [-0.4, -0.2) is 27.7 Å². The van der Waals surface area contributed by atoms with E-state index in [0.29, 0.717) is 15.6 Å². The quantitative estimate of drug-likeness (QED) is 0.244. The lowest BCUT2D eigenvalue weighted by molar-refractivity contribution is -0.402. The molecule has 0 unspecified atom stereocenters. The van der Waals surface area contributed by atoms with Crippen LogP contribution in [0.5, 0.6) is 0 Å². The van der Waals surface area contributed by atoms with E-state index in [1.807, 2.05) is 0 Å². The normalized spacial score (nSPS) is 15.4. The Morgan fingerprint density at radius 2 is 2.04 bits per heavy atom. The molecule has 0 bridgehead atoms. The molecule has 0 saturated carbocycles. The highest BCUT2D eigenvalue weighted by molar-refractivity contribution is 8.27. The lowest BCUT2D eigenvalue weighted by atomic mass is 10.2. The van der Waals surface area contributed by atoms with Gasteiger partial charge >= 0.3 is 11.9 Å². The molecule has 0 atom stereocenters. The maximum absolute atomic E-state index is 12.7. The van der Waals surface area contributed by atoms with Gasteiger partial charge in [-0.2, -0.15) is 0 Å². The van der Waals surface area contributed by atoms with E-state index >= 15 is 0 Å². The molecule has 1 aromatic heterocycles. The van der Waals surface area contributed by atoms with E-state index < -0.39 is 16.8 Å². The Kier molecular flexibility index (Phi) is 5.38. The van der Waals surface area contributed by atoms with Crippen molar-refractivity contribution in [2.45, 2.75) is 6.92 Å². The first-order valence-corrected chi connectivity index (χ1v) is 8.92. The molecule has 1 amide bonds. The largest absolute Gasteiger partial charge is 0.462 e. The number of nitrogens with zero attached hydrogens (tertiary/aromatic N) is 2. The van der Waals surface area contributed by atoms with Gasteiger partial charge in [0.25, 0.3) is 5.91 Å². The van der Waals surface area contributed by atoms with Crippen LogP contribution in [0.15, 0.2) is 45.7 Å². The summed E-state index contributed by atoms with van der Waals surface area (Å²) in [6, 6.07) is 8.89. The molecule has 0 radical (unpaired) electrons. The highest BCUT2D eigenvalue weighted by Gasteiger charge is 2.33. The minimum atomic E-state index is -0.659. The topological polar surface area (TPSA) is 103 Å². The van der Waals surface area contributed by atoms with E-state index in [1.165, 1.54) is 23.1 Å².